The summed E-state index contributed by atoms with van der Waals surface area (Å²) in [6, 6.07) is 18.6. The molecule has 0 fully saturated rings. The van der Waals surface area contributed by atoms with Gasteiger partial charge in [0.1, 0.15) is 0 Å². The normalized spacial score (nSPS) is 14.4. The van der Waals surface area contributed by atoms with Crippen LogP contribution in [0.25, 0.3) is 21.5 Å². The molecular formula is C32H30Br2N4O4. The lowest BCUT2D eigenvalue weighted by molar-refractivity contribution is 0.0585. The van der Waals surface area contributed by atoms with Gasteiger partial charge in [-0.05, 0) is 75.4 Å². The van der Waals surface area contributed by atoms with Crippen LogP contribution in [0.5, 0.6) is 0 Å². The maximum atomic E-state index is 12.6. The van der Waals surface area contributed by atoms with Crippen molar-refractivity contribution in [2.24, 2.45) is 0 Å². The first-order valence-corrected chi connectivity index (χ1v) is 15.0. The molecule has 2 aliphatic rings. The van der Waals surface area contributed by atoms with E-state index in [4.69, 9.17) is 0 Å². The van der Waals surface area contributed by atoms with Gasteiger partial charge in [0.25, 0.3) is 23.6 Å². The minimum Gasteiger partial charge on any atom is -0.308 e. The average molecular weight is 694 g/mol. The number of hydrogen-bond donors (Lipinski definition) is 0. The van der Waals surface area contributed by atoms with Crippen LogP contribution in [-0.4, -0.2) is 97.6 Å². The van der Waals surface area contributed by atoms with E-state index in [-0.39, 0.29) is 23.6 Å². The molecule has 8 nitrogen and oxygen atoms in total. The lowest BCUT2D eigenvalue weighted by Crippen LogP contribution is -2.43. The Bertz CT molecular complexity index is 1640. The van der Waals surface area contributed by atoms with Gasteiger partial charge in [-0.15, -0.1) is 0 Å². The first-order chi connectivity index (χ1) is 20.0. The summed E-state index contributed by atoms with van der Waals surface area (Å²) < 4.78 is 1.69. The number of benzene rings is 4. The summed E-state index contributed by atoms with van der Waals surface area (Å²) in [5.41, 5.74) is 2.39. The van der Waals surface area contributed by atoms with Crippen LogP contribution >= 0.6 is 31.9 Å². The smallest absolute Gasteiger partial charge is 0.261 e. The Morgan fingerprint density at radius 3 is 1.26 bits per heavy atom. The zero-order valence-electron chi connectivity index (χ0n) is 23.8. The summed E-state index contributed by atoms with van der Waals surface area (Å²) in [5.74, 6) is -0.844. The highest BCUT2D eigenvalue weighted by molar-refractivity contribution is 9.10. The summed E-state index contributed by atoms with van der Waals surface area (Å²) >= 11 is 6.87. The van der Waals surface area contributed by atoms with Crippen LogP contribution in [0.2, 0.25) is 0 Å². The maximum Gasteiger partial charge on any atom is 0.261 e. The molecule has 0 saturated heterocycles. The van der Waals surface area contributed by atoms with Crippen molar-refractivity contribution in [1.82, 2.24) is 19.6 Å². The molecule has 0 spiro atoms. The van der Waals surface area contributed by atoms with Crippen molar-refractivity contribution in [3.05, 3.63) is 91.9 Å². The quantitative estimate of drug-likeness (QED) is 0.248. The predicted molar refractivity (Wildman–Crippen MR) is 171 cm³/mol. The molecule has 0 aromatic heterocycles. The molecule has 0 bridgehead atoms. The minimum atomic E-state index is -0.216. The second-order valence-corrected chi connectivity index (χ2v) is 12.7. The first-order valence-electron chi connectivity index (χ1n) is 13.4. The number of hydrogen-bond acceptors (Lipinski definition) is 6. The molecule has 10 heteroatoms. The zero-order valence-corrected chi connectivity index (χ0v) is 27.0. The van der Waals surface area contributed by atoms with E-state index in [9.17, 15) is 19.2 Å². The standard InChI is InChI=1S/2C16H15BrN2O2/c2*1-18(2)6-7-19-15(20)12-5-3-4-10-8-11(17)9-13(14(10)12)16(19)21/h2*3-5,8-9H,6-7H2,1-2H3. The van der Waals surface area contributed by atoms with E-state index in [0.29, 0.717) is 48.4 Å². The Kier molecular flexibility index (Phi) is 8.61. The predicted octanol–water partition coefficient (Wildman–Crippen LogP) is 5.52. The molecule has 0 atom stereocenters. The highest BCUT2D eigenvalue weighted by Crippen LogP contribution is 2.34. The molecule has 0 aliphatic carbocycles. The fraction of sp³-hybridized carbons (Fsp3) is 0.250. The van der Waals surface area contributed by atoms with Gasteiger partial charge in [0, 0.05) is 68.2 Å². The SMILES string of the molecule is CN(C)CCN1C(=O)c2cccc3cc(Br)cc(c23)C1=O.CN(C)CCN1C(=O)c2cccc3cc(Br)cc(c23)C1=O. The molecule has 0 saturated carbocycles. The largest absolute Gasteiger partial charge is 0.308 e. The molecule has 4 aromatic rings. The van der Waals surface area contributed by atoms with Crippen molar-refractivity contribution in [2.45, 2.75) is 0 Å². The zero-order chi connectivity index (χ0) is 30.3. The van der Waals surface area contributed by atoms with Crippen molar-refractivity contribution in [3.8, 4) is 0 Å². The number of rotatable bonds is 6. The fourth-order valence-corrected chi connectivity index (χ4v) is 6.20. The number of carbonyl (C=O) groups is 4. The van der Waals surface area contributed by atoms with Crippen molar-refractivity contribution < 1.29 is 19.2 Å². The van der Waals surface area contributed by atoms with Gasteiger partial charge in [0.15, 0.2) is 0 Å². The lowest BCUT2D eigenvalue weighted by Gasteiger charge is -2.28. The van der Waals surface area contributed by atoms with Gasteiger partial charge in [-0.25, -0.2) is 0 Å². The monoisotopic (exact) mass is 692 g/mol. The molecular weight excluding hydrogens is 664 g/mol. The van der Waals surface area contributed by atoms with Gasteiger partial charge in [-0.3, -0.25) is 29.0 Å². The molecule has 2 aliphatic heterocycles. The molecule has 0 N–H and O–H groups in total. The third kappa shape index (κ3) is 5.64. The van der Waals surface area contributed by atoms with Crippen LogP contribution in [-0.2, 0) is 0 Å². The third-order valence-electron chi connectivity index (χ3n) is 7.33. The van der Waals surface area contributed by atoms with E-state index in [0.717, 1.165) is 30.5 Å². The van der Waals surface area contributed by atoms with Gasteiger partial charge >= 0.3 is 0 Å². The van der Waals surface area contributed by atoms with Crippen LogP contribution in [0.4, 0.5) is 0 Å². The van der Waals surface area contributed by atoms with Crippen LogP contribution in [0.3, 0.4) is 0 Å². The molecule has 2 heterocycles. The molecule has 4 aromatic carbocycles. The topological polar surface area (TPSA) is 81.2 Å². The van der Waals surface area contributed by atoms with Crippen LogP contribution in [0, 0.1) is 0 Å². The Morgan fingerprint density at radius 2 is 0.905 bits per heavy atom. The van der Waals surface area contributed by atoms with E-state index in [2.05, 4.69) is 31.9 Å². The van der Waals surface area contributed by atoms with E-state index in [1.165, 1.54) is 9.80 Å². The number of carbonyl (C=O) groups excluding carboxylic acids is 4. The van der Waals surface area contributed by atoms with Gasteiger partial charge < -0.3 is 9.80 Å². The average Bonchev–Trinajstić information content (AvgIpc) is 2.94. The van der Waals surface area contributed by atoms with E-state index in [1.54, 1.807) is 24.3 Å². The summed E-state index contributed by atoms with van der Waals surface area (Å²) in [6.07, 6.45) is 0. The van der Waals surface area contributed by atoms with Gasteiger partial charge in [0.05, 0.1) is 0 Å². The van der Waals surface area contributed by atoms with E-state index >= 15 is 0 Å². The Hall–Kier alpha value is -3.44. The molecule has 42 heavy (non-hydrogen) atoms. The van der Waals surface area contributed by atoms with Crippen LogP contribution < -0.4 is 0 Å². The summed E-state index contributed by atoms with van der Waals surface area (Å²) in [7, 11) is 7.68. The van der Waals surface area contributed by atoms with E-state index < -0.39 is 0 Å². The second kappa shape index (κ2) is 12.0. The van der Waals surface area contributed by atoms with Crippen molar-refractivity contribution in [3.63, 3.8) is 0 Å². The molecule has 6 rings (SSSR count). The Labute approximate surface area is 261 Å². The first kappa shape index (κ1) is 30.0. The number of halogens is 2. The molecule has 216 valence electrons. The van der Waals surface area contributed by atoms with Crippen molar-refractivity contribution in [2.75, 3.05) is 54.4 Å². The van der Waals surface area contributed by atoms with Crippen LogP contribution in [0.15, 0.2) is 69.6 Å². The van der Waals surface area contributed by atoms with Gasteiger partial charge in [-0.1, -0.05) is 56.1 Å². The summed E-state index contributed by atoms with van der Waals surface area (Å²) in [6.45, 7) is 2.09. The molecule has 4 amide bonds. The Morgan fingerprint density at radius 1 is 0.548 bits per heavy atom. The number of amides is 4. The Balaban J connectivity index is 0.000000168. The summed E-state index contributed by atoms with van der Waals surface area (Å²) in [4.78, 5) is 57.0. The second-order valence-electron chi connectivity index (χ2n) is 10.8. The highest BCUT2D eigenvalue weighted by atomic mass is 79.9. The third-order valence-corrected chi connectivity index (χ3v) is 8.24. The minimum absolute atomic E-state index is 0.206. The number of likely N-dealkylation sites (N-methyl/N-ethyl adjacent to an activating group) is 2. The van der Waals surface area contributed by atoms with Crippen molar-refractivity contribution in [1.29, 1.82) is 0 Å². The highest BCUT2D eigenvalue weighted by Gasteiger charge is 2.34. The lowest BCUT2D eigenvalue weighted by atomic mass is 9.94. The van der Waals surface area contributed by atoms with Crippen LogP contribution in [0.1, 0.15) is 41.4 Å². The maximum absolute atomic E-state index is 12.6. The summed E-state index contributed by atoms with van der Waals surface area (Å²) in [5, 5.41) is 3.34. The van der Waals surface area contributed by atoms with Crippen molar-refractivity contribution >= 4 is 77.0 Å². The van der Waals surface area contributed by atoms with E-state index in [1.807, 2.05) is 74.4 Å². The fourth-order valence-electron chi connectivity index (χ4n) is 5.25. The number of imide groups is 2. The van der Waals surface area contributed by atoms with Gasteiger partial charge in [-0.2, -0.15) is 0 Å². The molecule has 0 radical (unpaired) electrons. The van der Waals surface area contributed by atoms with Gasteiger partial charge in [0.2, 0.25) is 0 Å². The number of nitrogens with zero attached hydrogens (tertiary/aromatic N) is 4. The molecule has 0 unspecified atom stereocenters.